The van der Waals surface area contributed by atoms with Gasteiger partial charge in [0.2, 0.25) is 5.91 Å². The molecule has 0 heterocycles. The van der Waals surface area contributed by atoms with Crippen LogP contribution in [0.1, 0.15) is 12.5 Å². The maximum Gasteiger partial charge on any atom is 0.223 e. The Hall–Kier alpha value is -2.81. The molecule has 0 fully saturated rings. The van der Waals surface area contributed by atoms with Gasteiger partial charge in [0.1, 0.15) is 12.4 Å². The summed E-state index contributed by atoms with van der Waals surface area (Å²) in [4.78, 5) is 12.3. The SMILES string of the molecule is CC(Cc1cccc2ccccc12)C(=O)NCCOc1ccccc1. The van der Waals surface area contributed by atoms with Crippen molar-refractivity contribution in [2.45, 2.75) is 13.3 Å². The van der Waals surface area contributed by atoms with Crippen LogP contribution in [0.3, 0.4) is 0 Å². The second-order valence-corrected chi connectivity index (χ2v) is 6.20. The van der Waals surface area contributed by atoms with Gasteiger partial charge in [-0.3, -0.25) is 4.79 Å². The van der Waals surface area contributed by atoms with E-state index >= 15 is 0 Å². The second-order valence-electron chi connectivity index (χ2n) is 6.20. The van der Waals surface area contributed by atoms with Crippen molar-refractivity contribution in [1.29, 1.82) is 0 Å². The first-order chi connectivity index (χ1) is 12.2. The molecule has 3 rings (SSSR count). The van der Waals surface area contributed by atoms with Crippen LogP contribution in [0.25, 0.3) is 10.8 Å². The van der Waals surface area contributed by atoms with Gasteiger partial charge in [-0.15, -0.1) is 0 Å². The number of carbonyl (C=O) groups is 1. The molecule has 0 spiro atoms. The molecule has 1 unspecified atom stereocenters. The Labute approximate surface area is 148 Å². The minimum absolute atomic E-state index is 0.0598. The highest BCUT2D eigenvalue weighted by molar-refractivity contribution is 5.86. The summed E-state index contributed by atoms with van der Waals surface area (Å²) in [6, 6.07) is 24.2. The van der Waals surface area contributed by atoms with Gasteiger partial charge in [-0.05, 0) is 34.9 Å². The van der Waals surface area contributed by atoms with Gasteiger partial charge in [-0.2, -0.15) is 0 Å². The fourth-order valence-corrected chi connectivity index (χ4v) is 2.93. The van der Waals surface area contributed by atoms with Gasteiger partial charge in [-0.1, -0.05) is 67.6 Å². The predicted octanol–water partition coefficient (Wildman–Crippen LogP) is 4.21. The number of ether oxygens (including phenoxy) is 1. The van der Waals surface area contributed by atoms with Crippen molar-refractivity contribution in [2.75, 3.05) is 13.2 Å². The van der Waals surface area contributed by atoms with Crippen molar-refractivity contribution < 1.29 is 9.53 Å². The average molecular weight is 333 g/mol. The van der Waals surface area contributed by atoms with Crippen LogP contribution >= 0.6 is 0 Å². The van der Waals surface area contributed by atoms with Crippen molar-refractivity contribution in [3.8, 4) is 5.75 Å². The van der Waals surface area contributed by atoms with Crippen molar-refractivity contribution in [3.05, 3.63) is 78.4 Å². The van der Waals surface area contributed by atoms with Crippen LogP contribution in [-0.2, 0) is 11.2 Å². The average Bonchev–Trinajstić information content (AvgIpc) is 2.66. The van der Waals surface area contributed by atoms with Crippen LogP contribution in [0.15, 0.2) is 72.8 Å². The van der Waals surface area contributed by atoms with Crippen LogP contribution in [0.2, 0.25) is 0 Å². The lowest BCUT2D eigenvalue weighted by molar-refractivity contribution is -0.124. The minimum atomic E-state index is -0.0810. The van der Waals surface area contributed by atoms with Gasteiger partial charge in [0.25, 0.3) is 0 Å². The lowest BCUT2D eigenvalue weighted by Crippen LogP contribution is -2.33. The normalized spacial score (nSPS) is 11.9. The van der Waals surface area contributed by atoms with Crippen LogP contribution in [0.4, 0.5) is 0 Å². The van der Waals surface area contributed by atoms with Crippen molar-refractivity contribution in [2.24, 2.45) is 5.92 Å². The zero-order valence-corrected chi connectivity index (χ0v) is 14.4. The Bertz CT molecular complexity index is 824. The summed E-state index contributed by atoms with van der Waals surface area (Å²) in [5.41, 5.74) is 1.21. The fraction of sp³-hybridized carbons (Fsp3) is 0.227. The summed E-state index contributed by atoms with van der Waals surface area (Å²) >= 11 is 0. The molecule has 3 nitrogen and oxygen atoms in total. The Morgan fingerprint density at radius 1 is 0.960 bits per heavy atom. The molecule has 128 valence electrons. The predicted molar refractivity (Wildman–Crippen MR) is 102 cm³/mol. The molecule has 25 heavy (non-hydrogen) atoms. The summed E-state index contributed by atoms with van der Waals surface area (Å²) in [5.74, 6) is 0.799. The number of hydrogen-bond donors (Lipinski definition) is 1. The van der Waals surface area contributed by atoms with Crippen LogP contribution in [0, 0.1) is 5.92 Å². The Morgan fingerprint density at radius 2 is 1.68 bits per heavy atom. The van der Waals surface area contributed by atoms with Gasteiger partial charge < -0.3 is 10.1 Å². The van der Waals surface area contributed by atoms with E-state index in [1.54, 1.807) is 0 Å². The van der Waals surface area contributed by atoms with E-state index in [0.717, 1.165) is 12.2 Å². The van der Waals surface area contributed by atoms with Crippen LogP contribution < -0.4 is 10.1 Å². The zero-order valence-electron chi connectivity index (χ0n) is 14.4. The van der Waals surface area contributed by atoms with Gasteiger partial charge >= 0.3 is 0 Å². The van der Waals surface area contributed by atoms with E-state index in [-0.39, 0.29) is 11.8 Å². The second kappa shape index (κ2) is 8.34. The molecule has 0 aliphatic heterocycles. The summed E-state index contributed by atoms with van der Waals surface area (Å²) in [6.07, 6.45) is 0.729. The van der Waals surface area contributed by atoms with Gasteiger partial charge in [-0.25, -0.2) is 0 Å². The maximum absolute atomic E-state index is 12.3. The molecule has 3 aromatic carbocycles. The molecule has 0 aliphatic rings. The third kappa shape index (κ3) is 4.60. The number of para-hydroxylation sites is 1. The zero-order chi connectivity index (χ0) is 17.5. The Kier molecular flexibility index (Phi) is 5.68. The van der Waals surface area contributed by atoms with E-state index in [1.165, 1.54) is 16.3 Å². The highest BCUT2D eigenvalue weighted by atomic mass is 16.5. The lowest BCUT2D eigenvalue weighted by atomic mass is 9.95. The number of carbonyl (C=O) groups excluding carboxylic acids is 1. The van der Waals surface area contributed by atoms with E-state index in [0.29, 0.717) is 13.2 Å². The Balaban J connectivity index is 1.50. The van der Waals surface area contributed by atoms with Gasteiger partial charge in [0.05, 0.1) is 6.54 Å². The van der Waals surface area contributed by atoms with E-state index in [9.17, 15) is 4.79 Å². The first kappa shape index (κ1) is 17.0. The molecule has 0 saturated carbocycles. The number of hydrogen-bond acceptors (Lipinski definition) is 2. The molecule has 0 saturated heterocycles. The number of benzene rings is 3. The largest absolute Gasteiger partial charge is 0.492 e. The number of fused-ring (bicyclic) bond motifs is 1. The minimum Gasteiger partial charge on any atom is -0.492 e. The van der Waals surface area contributed by atoms with Crippen molar-refractivity contribution in [1.82, 2.24) is 5.32 Å². The van der Waals surface area contributed by atoms with E-state index in [4.69, 9.17) is 4.74 Å². The maximum atomic E-state index is 12.3. The molecule has 3 aromatic rings. The van der Waals surface area contributed by atoms with Crippen molar-refractivity contribution >= 4 is 16.7 Å². The highest BCUT2D eigenvalue weighted by Gasteiger charge is 2.14. The topological polar surface area (TPSA) is 38.3 Å². The fourth-order valence-electron chi connectivity index (χ4n) is 2.93. The smallest absolute Gasteiger partial charge is 0.223 e. The summed E-state index contributed by atoms with van der Waals surface area (Å²) in [7, 11) is 0. The molecule has 1 N–H and O–H groups in total. The summed E-state index contributed by atoms with van der Waals surface area (Å²) in [5, 5.41) is 5.39. The summed E-state index contributed by atoms with van der Waals surface area (Å²) in [6.45, 7) is 2.94. The molecule has 3 heteroatoms. The van der Waals surface area contributed by atoms with Gasteiger partial charge in [0.15, 0.2) is 0 Å². The molecule has 1 atom stereocenters. The molecule has 0 radical (unpaired) electrons. The van der Waals surface area contributed by atoms with Crippen LogP contribution in [0.5, 0.6) is 5.75 Å². The van der Waals surface area contributed by atoms with Crippen molar-refractivity contribution in [3.63, 3.8) is 0 Å². The third-order valence-electron chi connectivity index (χ3n) is 4.27. The first-order valence-electron chi connectivity index (χ1n) is 8.66. The number of amides is 1. The molecule has 0 aromatic heterocycles. The lowest BCUT2D eigenvalue weighted by Gasteiger charge is -2.14. The van der Waals surface area contributed by atoms with Crippen LogP contribution in [-0.4, -0.2) is 19.1 Å². The van der Waals surface area contributed by atoms with E-state index in [1.807, 2.05) is 49.4 Å². The quantitative estimate of drug-likeness (QED) is 0.658. The molecular weight excluding hydrogens is 310 g/mol. The molecule has 0 aliphatic carbocycles. The monoisotopic (exact) mass is 333 g/mol. The molecule has 0 bridgehead atoms. The molecular formula is C22H23NO2. The third-order valence-corrected chi connectivity index (χ3v) is 4.27. The number of rotatable bonds is 7. The van der Waals surface area contributed by atoms with E-state index < -0.39 is 0 Å². The van der Waals surface area contributed by atoms with Gasteiger partial charge in [0, 0.05) is 5.92 Å². The highest BCUT2D eigenvalue weighted by Crippen LogP contribution is 2.21. The molecule has 1 amide bonds. The van der Waals surface area contributed by atoms with E-state index in [2.05, 4.69) is 35.6 Å². The first-order valence-corrected chi connectivity index (χ1v) is 8.66. The Morgan fingerprint density at radius 3 is 2.52 bits per heavy atom. The summed E-state index contributed by atoms with van der Waals surface area (Å²) < 4.78 is 5.60. The number of nitrogens with one attached hydrogen (secondary N) is 1. The standard InChI is InChI=1S/C22H23NO2/c1-17(16-19-10-7-9-18-8-5-6-13-21(18)19)22(24)23-14-15-25-20-11-3-2-4-12-20/h2-13,17H,14-16H2,1H3,(H,23,24).